The predicted octanol–water partition coefficient (Wildman–Crippen LogP) is 1.65. The van der Waals surface area contributed by atoms with Crippen LogP contribution in [0.1, 0.15) is 46.6 Å². The second-order valence-electron chi connectivity index (χ2n) is 6.24. The van der Waals surface area contributed by atoms with E-state index in [-0.39, 0.29) is 29.1 Å². The summed E-state index contributed by atoms with van der Waals surface area (Å²) < 4.78 is 1.50. The first-order valence-electron chi connectivity index (χ1n) is 7.91. The minimum absolute atomic E-state index is 0.0692. The van der Waals surface area contributed by atoms with E-state index in [0.717, 1.165) is 29.8 Å². The molecule has 6 nitrogen and oxygen atoms in total. The molecule has 2 aromatic rings. The van der Waals surface area contributed by atoms with Gasteiger partial charge in [0.1, 0.15) is 5.56 Å². The molecule has 0 radical (unpaired) electrons. The number of rotatable bonds is 3. The molecule has 2 aromatic heterocycles. The lowest BCUT2D eigenvalue weighted by Crippen LogP contribution is -2.36. The first-order valence-corrected chi connectivity index (χ1v) is 8.73. The summed E-state index contributed by atoms with van der Waals surface area (Å²) >= 11 is 1.44. The Hall–Kier alpha value is -1.73. The summed E-state index contributed by atoms with van der Waals surface area (Å²) in [6.45, 7) is 4.27. The highest BCUT2D eigenvalue weighted by atomic mass is 32.1. The van der Waals surface area contributed by atoms with E-state index < -0.39 is 0 Å². The van der Waals surface area contributed by atoms with Crippen LogP contribution in [-0.4, -0.2) is 33.0 Å². The number of aryl methyl sites for hydroxylation is 2. The third-order valence-electron chi connectivity index (χ3n) is 4.57. The average molecular weight is 335 g/mol. The Labute approximate surface area is 138 Å². The van der Waals surface area contributed by atoms with Gasteiger partial charge in [0.2, 0.25) is 0 Å². The van der Waals surface area contributed by atoms with Crippen molar-refractivity contribution in [3.63, 3.8) is 0 Å². The first kappa shape index (κ1) is 16.1. The van der Waals surface area contributed by atoms with Crippen molar-refractivity contribution < 1.29 is 9.90 Å². The number of carbonyl (C=O) groups is 1. The zero-order chi connectivity index (χ0) is 16.6. The molecular formula is C16H21N3O3S. The number of hydrogen-bond donors (Lipinski definition) is 2. The zero-order valence-corrected chi connectivity index (χ0v) is 14.2. The maximum absolute atomic E-state index is 12.5. The second-order valence-corrected chi connectivity index (χ2v) is 7.42. The molecule has 1 amide bonds. The standard InChI is InChI=1S/C16H21N3O3S/c1-9-10(2)23-16-18-8-13(15(22)19(9)16)14(21)17-7-11-4-3-5-12(20)6-11/h8,11-12,20H,3-7H2,1-2H3,(H,17,21). The van der Waals surface area contributed by atoms with Gasteiger partial charge in [0.25, 0.3) is 11.5 Å². The van der Waals surface area contributed by atoms with Crippen molar-refractivity contribution in [1.82, 2.24) is 14.7 Å². The number of hydrogen-bond acceptors (Lipinski definition) is 5. The van der Waals surface area contributed by atoms with Gasteiger partial charge >= 0.3 is 0 Å². The molecule has 7 heteroatoms. The molecule has 2 atom stereocenters. The summed E-state index contributed by atoms with van der Waals surface area (Å²) in [6.07, 6.45) is 4.60. The van der Waals surface area contributed by atoms with Crippen molar-refractivity contribution in [1.29, 1.82) is 0 Å². The van der Waals surface area contributed by atoms with Crippen molar-refractivity contribution in [2.75, 3.05) is 6.54 Å². The molecule has 3 rings (SSSR count). The fraction of sp³-hybridized carbons (Fsp3) is 0.562. The Bertz CT molecular complexity index is 796. The number of amides is 1. The van der Waals surface area contributed by atoms with E-state index in [9.17, 15) is 14.7 Å². The van der Waals surface area contributed by atoms with Crippen LogP contribution in [-0.2, 0) is 0 Å². The van der Waals surface area contributed by atoms with Crippen molar-refractivity contribution in [3.8, 4) is 0 Å². The van der Waals surface area contributed by atoms with Gasteiger partial charge in [-0.2, -0.15) is 0 Å². The summed E-state index contributed by atoms with van der Waals surface area (Å²) in [7, 11) is 0. The SMILES string of the molecule is Cc1sc2ncc(C(=O)NCC3CCCC(O)C3)c(=O)n2c1C. The third kappa shape index (κ3) is 3.16. The van der Waals surface area contributed by atoms with E-state index in [1.54, 1.807) is 0 Å². The Morgan fingerprint density at radius 1 is 1.48 bits per heavy atom. The molecule has 124 valence electrons. The quantitative estimate of drug-likeness (QED) is 0.893. The molecule has 0 spiro atoms. The van der Waals surface area contributed by atoms with Crippen LogP contribution in [0.5, 0.6) is 0 Å². The van der Waals surface area contributed by atoms with E-state index in [1.165, 1.54) is 21.9 Å². The van der Waals surface area contributed by atoms with Gasteiger partial charge < -0.3 is 10.4 Å². The highest BCUT2D eigenvalue weighted by molar-refractivity contribution is 7.17. The van der Waals surface area contributed by atoms with Crippen LogP contribution in [0, 0.1) is 19.8 Å². The lowest BCUT2D eigenvalue weighted by atomic mass is 9.87. The summed E-state index contributed by atoms with van der Waals surface area (Å²) in [5, 5.41) is 12.5. The predicted molar refractivity (Wildman–Crippen MR) is 89.1 cm³/mol. The molecule has 1 saturated carbocycles. The number of fused-ring (bicyclic) bond motifs is 1. The normalized spacial score (nSPS) is 21.5. The van der Waals surface area contributed by atoms with Gasteiger partial charge in [-0.25, -0.2) is 4.98 Å². The molecule has 0 aromatic carbocycles. The Morgan fingerprint density at radius 3 is 3.00 bits per heavy atom. The second kappa shape index (κ2) is 6.41. The first-order chi connectivity index (χ1) is 11.0. The van der Waals surface area contributed by atoms with E-state index in [1.807, 2.05) is 13.8 Å². The van der Waals surface area contributed by atoms with E-state index in [0.29, 0.717) is 17.9 Å². The van der Waals surface area contributed by atoms with E-state index >= 15 is 0 Å². The van der Waals surface area contributed by atoms with E-state index in [4.69, 9.17) is 0 Å². The molecule has 1 fully saturated rings. The summed E-state index contributed by atoms with van der Waals surface area (Å²) in [5.41, 5.74) is 0.574. The molecular weight excluding hydrogens is 314 g/mol. The van der Waals surface area contributed by atoms with Crippen LogP contribution in [0.15, 0.2) is 11.0 Å². The van der Waals surface area contributed by atoms with Crippen LogP contribution >= 0.6 is 11.3 Å². The minimum atomic E-state index is -0.389. The molecule has 2 heterocycles. The smallest absolute Gasteiger partial charge is 0.271 e. The third-order valence-corrected chi connectivity index (χ3v) is 5.64. The summed E-state index contributed by atoms with van der Waals surface area (Å²) in [4.78, 5) is 30.7. The van der Waals surface area contributed by atoms with Crippen LogP contribution in [0.4, 0.5) is 0 Å². The van der Waals surface area contributed by atoms with Crippen LogP contribution < -0.4 is 10.9 Å². The number of nitrogens with zero attached hydrogens (tertiary/aromatic N) is 2. The molecule has 2 unspecified atom stereocenters. The van der Waals surface area contributed by atoms with Gasteiger partial charge in [-0.1, -0.05) is 6.42 Å². The summed E-state index contributed by atoms with van der Waals surface area (Å²) in [6, 6.07) is 0. The van der Waals surface area contributed by atoms with Crippen molar-refractivity contribution in [3.05, 3.63) is 32.7 Å². The van der Waals surface area contributed by atoms with Crippen LogP contribution in [0.25, 0.3) is 4.96 Å². The van der Waals surface area contributed by atoms with Gasteiger partial charge in [-0.15, -0.1) is 11.3 Å². The van der Waals surface area contributed by atoms with Crippen molar-refractivity contribution in [2.45, 2.75) is 45.6 Å². The molecule has 2 N–H and O–H groups in total. The number of thiazole rings is 1. The molecule has 1 aliphatic carbocycles. The maximum atomic E-state index is 12.5. The van der Waals surface area contributed by atoms with Gasteiger partial charge in [0.05, 0.1) is 6.10 Å². The van der Waals surface area contributed by atoms with Gasteiger partial charge in [-0.05, 0) is 39.0 Å². The average Bonchev–Trinajstić information content (AvgIpc) is 2.81. The fourth-order valence-electron chi connectivity index (χ4n) is 3.11. The number of aromatic nitrogens is 2. The number of aliphatic hydroxyl groups is 1. The molecule has 0 aliphatic heterocycles. The van der Waals surface area contributed by atoms with Crippen molar-refractivity contribution in [2.24, 2.45) is 5.92 Å². The Morgan fingerprint density at radius 2 is 2.26 bits per heavy atom. The lowest BCUT2D eigenvalue weighted by Gasteiger charge is -2.25. The lowest BCUT2D eigenvalue weighted by molar-refractivity contribution is 0.0872. The molecule has 0 bridgehead atoms. The number of nitrogens with one attached hydrogen (secondary N) is 1. The topological polar surface area (TPSA) is 83.7 Å². The van der Waals surface area contributed by atoms with Gasteiger partial charge in [0.15, 0.2) is 4.96 Å². The fourth-order valence-corrected chi connectivity index (χ4v) is 4.04. The molecule has 0 saturated heterocycles. The summed E-state index contributed by atoms with van der Waals surface area (Å²) in [5.74, 6) is -0.118. The van der Waals surface area contributed by atoms with E-state index in [2.05, 4.69) is 10.3 Å². The maximum Gasteiger partial charge on any atom is 0.271 e. The molecule has 1 aliphatic rings. The Kier molecular flexibility index (Phi) is 4.50. The van der Waals surface area contributed by atoms with Crippen LogP contribution in [0.2, 0.25) is 0 Å². The number of carbonyl (C=O) groups excluding carboxylic acids is 1. The largest absolute Gasteiger partial charge is 0.393 e. The molecule has 23 heavy (non-hydrogen) atoms. The highest BCUT2D eigenvalue weighted by Gasteiger charge is 2.22. The highest BCUT2D eigenvalue weighted by Crippen LogP contribution is 2.23. The zero-order valence-electron chi connectivity index (χ0n) is 13.3. The monoisotopic (exact) mass is 335 g/mol. The van der Waals surface area contributed by atoms with Crippen LogP contribution in [0.3, 0.4) is 0 Å². The Balaban J connectivity index is 1.77. The van der Waals surface area contributed by atoms with Crippen molar-refractivity contribution >= 4 is 22.2 Å². The minimum Gasteiger partial charge on any atom is -0.393 e. The van der Waals surface area contributed by atoms with Gasteiger partial charge in [-0.3, -0.25) is 14.0 Å². The van der Waals surface area contributed by atoms with Gasteiger partial charge in [0, 0.05) is 23.3 Å². The number of aliphatic hydroxyl groups excluding tert-OH is 1.